The topological polar surface area (TPSA) is 35.5 Å². The van der Waals surface area contributed by atoms with Crippen LogP contribution in [0.2, 0.25) is 0 Å². The van der Waals surface area contributed by atoms with E-state index in [9.17, 15) is 4.57 Å². The third-order valence-electron chi connectivity index (χ3n) is 2.45. The van der Waals surface area contributed by atoms with E-state index in [1.807, 2.05) is 13.8 Å². The molecular formula is C13H21O3P. The molecule has 0 saturated heterocycles. The molecule has 0 atom stereocenters. The summed E-state index contributed by atoms with van der Waals surface area (Å²) in [4.78, 5) is 0. The molecule has 1 aromatic carbocycles. The average Bonchev–Trinajstić information content (AvgIpc) is 2.29. The normalized spacial score (nSPS) is 11.7. The lowest BCUT2D eigenvalue weighted by atomic mass is 10.1. The van der Waals surface area contributed by atoms with E-state index < -0.39 is 7.60 Å². The van der Waals surface area contributed by atoms with Gasteiger partial charge >= 0.3 is 7.60 Å². The van der Waals surface area contributed by atoms with Gasteiger partial charge in [0.2, 0.25) is 0 Å². The van der Waals surface area contributed by atoms with Gasteiger partial charge in [0.15, 0.2) is 0 Å². The minimum Gasteiger partial charge on any atom is -0.309 e. The van der Waals surface area contributed by atoms with Crippen molar-refractivity contribution in [2.24, 2.45) is 0 Å². The predicted molar refractivity (Wildman–Crippen MR) is 70.6 cm³/mol. The second kappa shape index (κ2) is 6.95. The van der Waals surface area contributed by atoms with Crippen LogP contribution in [-0.4, -0.2) is 19.4 Å². The Kier molecular flexibility index (Phi) is 5.90. The molecule has 0 amide bonds. The van der Waals surface area contributed by atoms with Crippen molar-refractivity contribution in [1.29, 1.82) is 0 Å². The van der Waals surface area contributed by atoms with E-state index in [0.717, 1.165) is 12.0 Å². The average molecular weight is 256 g/mol. The van der Waals surface area contributed by atoms with Crippen molar-refractivity contribution in [3.63, 3.8) is 0 Å². The van der Waals surface area contributed by atoms with Gasteiger partial charge in [-0.2, -0.15) is 0 Å². The first-order valence-corrected chi connectivity index (χ1v) is 7.76. The van der Waals surface area contributed by atoms with Gasteiger partial charge in [-0.3, -0.25) is 4.57 Å². The molecule has 0 radical (unpaired) electrons. The van der Waals surface area contributed by atoms with Gasteiger partial charge in [0, 0.05) is 0 Å². The molecule has 0 aromatic heterocycles. The minimum absolute atomic E-state index is 0.422. The quantitative estimate of drug-likeness (QED) is 0.696. The SMILES string of the molecule is CCOP(=O)(CCc1ccc(C)cc1)OCC. The van der Waals surface area contributed by atoms with Crippen molar-refractivity contribution in [2.45, 2.75) is 27.2 Å². The Labute approximate surface area is 104 Å². The Morgan fingerprint density at radius 1 is 1.06 bits per heavy atom. The van der Waals surface area contributed by atoms with Crippen molar-refractivity contribution < 1.29 is 13.6 Å². The Balaban J connectivity index is 2.57. The second-order valence-electron chi connectivity index (χ2n) is 3.91. The smallest absolute Gasteiger partial charge is 0.309 e. The molecule has 0 aliphatic rings. The molecule has 3 nitrogen and oxygen atoms in total. The summed E-state index contributed by atoms with van der Waals surface area (Å²) in [5.41, 5.74) is 2.39. The lowest BCUT2D eigenvalue weighted by molar-refractivity contribution is 0.220. The monoisotopic (exact) mass is 256 g/mol. The Bertz CT molecular complexity index is 363. The van der Waals surface area contributed by atoms with Gasteiger partial charge in [0.1, 0.15) is 0 Å². The molecule has 0 bridgehead atoms. The van der Waals surface area contributed by atoms with E-state index in [2.05, 4.69) is 31.2 Å². The zero-order valence-corrected chi connectivity index (χ0v) is 11.7. The molecule has 0 fully saturated rings. The molecule has 0 aliphatic heterocycles. The molecule has 1 rings (SSSR count). The van der Waals surface area contributed by atoms with Crippen LogP contribution in [0.5, 0.6) is 0 Å². The lowest BCUT2D eigenvalue weighted by Gasteiger charge is -2.16. The largest absolute Gasteiger partial charge is 0.330 e. The first-order valence-electron chi connectivity index (χ1n) is 6.03. The van der Waals surface area contributed by atoms with Gasteiger partial charge in [-0.25, -0.2) is 0 Å². The van der Waals surface area contributed by atoms with E-state index in [-0.39, 0.29) is 0 Å². The molecule has 0 heterocycles. The van der Waals surface area contributed by atoms with Crippen LogP contribution in [0.15, 0.2) is 24.3 Å². The summed E-state index contributed by atoms with van der Waals surface area (Å²) in [5, 5.41) is 0. The molecule has 0 N–H and O–H groups in total. The third kappa shape index (κ3) is 5.03. The second-order valence-corrected chi connectivity index (χ2v) is 6.09. The summed E-state index contributed by atoms with van der Waals surface area (Å²) in [7, 11) is -2.90. The van der Waals surface area contributed by atoms with Crippen molar-refractivity contribution in [2.75, 3.05) is 19.4 Å². The Morgan fingerprint density at radius 3 is 2.06 bits per heavy atom. The molecule has 0 saturated carbocycles. The molecule has 0 spiro atoms. The Hall–Kier alpha value is -0.630. The maximum atomic E-state index is 12.2. The summed E-state index contributed by atoms with van der Waals surface area (Å²) in [6.07, 6.45) is 1.16. The number of aryl methyl sites for hydroxylation is 2. The van der Waals surface area contributed by atoms with Crippen molar-refractivity contribution in [1.82, 2.24) is 0 Å². The first kappa shape index (κ1) is 14.4. The van der Waals surface area contributed by atoms with Gasteiger partial charge in [0.05, 0.1) is 19.4 Å². The fraction of sp³-hybridized carbons (Fsp3) is 0.538. The molecule has 96 valence electrons. The lowest BCUT2D eigenvalue weighted by Crippen LogP contribution is -2.02. The van der Waals surface area contributed by atoms with Crippen molar-refractivity contribution in [3.8, 4) is 0 Å². The van der Waals surface area contributed by atoms with Crippen molar-refractivity contribution in [3.05, 3.63) is 35.4 Å². The van der Waals surface area contributed by atoms with Crippen molar-refractivity contribution >= 4 is 7.60 Å². The van der Waals surface area contributed by atoms with Gasteiger partial charge in [-0.1, -0.05) is 29.8 Å². The van der Waals surface area contributed by atoms with Crippen LogP contribution in [0.4, 0.5) is 0 Å². The summed E-state index contributed by atoms with van der Waals surface area (Å²) in [6.45, 7) is 6.56. The van der Waals surface area contributed by atoms with Crippen LogP contribution in [0.3, 0.4) is 0 Å². The first-order chi connectivity index (χ1) is 8.09. The maximum absolute atomic E-state index is 12.2. The molecule has 17 heavy (non-hydrogen) atoms. The highest BCUT2D eigenvalue weighted by Gasteiger charge is 2.22. The highest BCUT2D eigenvalue weighted by atomic mass is 31.2. The number of hydrogen-bond donors (Lipinski definition) is 0. The van der Waals surface area contributed by atoms with E-state index in [1.54, 1.807) is 0 Å². The van der Waals surface area contributed by atoms with Gasteiger partial charge in [0.25, 0.3) is 0 Å². The molecule has 4 heteroatoms. The summed E-state index contributed by atoms with van der Waals surface area (Å²) < 4.78 is 22.7. The van der Waals surface area contributed by atoms with E-state index in [0.29, 0.717) is 19.4 Å². The fourth-order valence-electron chi connectivity index (χ4n) is 1.58. The van der Waals surface area contributed by atoms with Gasteiger partial charge in [-0.15, -0.1) is 0 Å². The molecule has 1 aromatic rings. The molecule has 0 unspecified atom stereocenters. The third-order valence-corrected chi connectivity index (χ3v) is 4.52. The van der Waals surface area contributed by atoms with E-state index in [1.165, 1.54) is 5.56 Å². The predicted octanol–water partition coefficient (Wildman–Crippen LogP) is 3.80. The van der Waals surface area contributed by atoms with Crippen LogP contribution >= 0.6 is 7.60 Å². The zero-order valence-electron chi connectivity index (χ0n) is 10.8. The summed E-state index contributed by atoms with van der Waals surface area (Å²) in [6, 6.07) is 8.22. The number of benzene rings is 1. The van der Waals surface area contributed by atoms with Crippen LogP contribution in [-0.2, 0) is 20.0 Å². The van der Waals surface area contributed by atoms with Crippen LogP contribution < -0.4 is 0 Å². The number of rotatable bonds is 7. The zero-order chi connectivity index (χ0) is 12.7. The maximum Gasteiger partial charge on any atom is 0.330 e. The molecule has 0 aliphatic carbocycles. The van der Waals surface area contributed by atoms with Crippen LogP contribution in [0.25, 0.3) is 0 Å². The Morgan fingerprint density at radius 2 is 1.59 bits per heavy atom. The highest BCUT2D eigenvalue weighted by Crippen LogP contribution is 2.48. The summed E-state index contributed by atoms with van der Waals surface area (Å²) >= 11 is 0. The number of hydrogen-bond acceptors (Lipinski definition) is 3. The van der Waals surface area contributed by atoms with E-state index >= 15 is 0 Å². The fourth-order valence-corrected chi connectivity index (χ4v) is 3.23. The minimum atomic E-state index is -2.90. The van der Waals surface area contributed by atoms with Crippen LogP contribution in [0, 0.1) is 6.92 Å². The highest BCUT2D eigenvalue weighted by molar-refractivity contribution is 7.53. The van der Waals surface area contributed by atoms with E-state index in [4.69, 9.17) is 9.05 Å². The molecular weight excluding hydrogens is 235 g/mol. The van der Waals surface area contributed by atoms with Crippen LogP contribution in [0.1, 0.15) is 25.0 Å². The summed E-state index contributed by atoms with van der Waals surface area (Å²) in [5.74, 6) is 0. The van der Waals surface area contributed by atoms with Gasteiger partial charge in [-0.05, 0) is 32.8 Å². The standard InChI is InChI=1S/C13H21O3P/c1-4-15-17(14,16-5-2)11-10-13-8-6-12(3)7-9-13/h6-9H,4-5,10-11H2,1-3H3. The van der Waals surface area contributed by atoms with Gasteiger partial charge < -0.3 is 9.05 Å².